The van der Waals surface area contributed by atoms with E-state index < -0.39 is 8.32 Å². The van der Waals surface area contributed by atoms with Gasteiger partial charge >= 0.3 is 0 Å². The topological polar surface area (TPSA) is 31.4 Å². The van der Waals surface area contributed by atoms with Crippen molar-refractivity contribution in [3.63, 3.8) is 0 Å². The lowest BCUT2D eigenvalue weighted by atomic mass is 10.1. The fourth-order valence-electron chi connectivity index (χ4n) is 2.52. The minimum absolute atomic E-state index is 0.0459. The highest BCUT2D eigenvalue weighted by atomic mass is 28.4. The van der Waals surface area contributed by atoms with Gasteiger partial charge in [0.05, 0.1) is 11.1 Å². The summed E-state index contributed by atoms with van der Waals surface area (Å²) in [5, 5.41) is 0.684. The maximum absolute atomic E-state index is 13.9. The first-order chi connectivity index (χ1) is 12.6. The Morgan fingerprint density at radius 2 is 1.96 bits per heavy atom. The molecule has 0 aliphatic heterocycles. The zero-order chi connectivity index (χ0) is 19.8. The zero-order valence-corrected chi connectivity index (χ0v) is 18.1. The SMILES string of the molecule is CCc1c(O[Si](C)(C)C(C)(C)C)nc2ccc(F)cc2c1OC#CC1CC1. The van der Waals surface area contributed by atoms with E-state index in [1.54, 1.807) is 6.07 Å². The molecule has 2 aromatic rings. The monoisotopic (exact) mass is 385 g/mol. The number of nitrogens with zero attached hydrogens (tertiary/aromatic N) is 1. The number of rotatable bonds is 4. The summed E-state index contributed by atoms with van der Waals surface area (Å²) in [6.45, 7) is 13.0. The summed E-state index contributed by atoms with van der Waals surface area (Å²) < 4.78 is 26.3. The van der Waals surface area contributed by atoms with E-state index in [4.69, 9.17) is 14.1 Å². The van der Waals surface area contributed by atoms with Gasteiger partial charge in [0.2, 0.25) is 5.88 Å². The van der Waals surface area contributed by atoms with Crippen molar-refractivity contribution < 1.29 is 13.6 Å². The number of halogens is 1. The van der Waals surface area contributed by atoms with Crippen LogP contribution in [0.15, 0.2) is 18.2 Å². The molecule has 0 bridgehead atoms. The molecular formula is C22H28FNO2Si. The van der Waals surface area contributed by atoms with E-state index in [2.05, 4.69) is 45.9 Å². The lowest BCUT2D eigenvalue weighted by molar-refractivity contribution is 0.461. The van der Waals surface area contributed by atoms with Crippen LogP contribution in [0.1, 0.15) is 46.1 Å². The van der Waals surface area contributed by atoms with Crippen LogP contribution in [0, 0.1) is 23.8 Å². The normalized spacial score (nSPS) is 14.6. The Morgan fingerprint density at radius 1 is 1.26 bits per heavy atom. The number of aromatic nitrogens is 1. The largest absolute Gasteiger partial charge is 0.530 e. The predicted octanol–water partition coefficient (Wildman–Crippen LogP) is 6.07. The van der Waals surface area contributed by atoms with Crippen LogP contribution in [-0.4, -0.2) is 13.3 Å². The number of benzene rings is 1. The van der Waals surface area contributed by atoms with Crippen molar-refractivity contribution in [2.75, 3.05) is 0 Å². The Labute approximate surface area is 162 Å². The molecule has 27 heavy (non-hydrogen) atoms. The van der Waals surface area contributed by atoms with Crippen LogP contribution < -0.4 is 9.16 Å². The molecule has 3 rings (SSSR count). The second-order valence-electron chi connectivity index (χ2n) is 8.72. The zero-order valence-electron chi connectivity index (χ0n) is 17.1. The summed E-state index contributed by atoms with van der Waals surface area (Å²) >= 11 is 0. The fourth-order valence-corrected chi connectivity index (χ4v) is 3.48. The molecule has 1 aliphatic carbocycles. The highest BCUT2D eigenvalue weighted by Crippen LogP contribution is 2.41. The molecule has 0 spiro atoms. The predicted molar refractivity (Wildman–Crippen MR) is 110 cm³/mol. The lowest BCUT2D eigenvalue weighted by Crippen LogP contribution is -2.44. The third-order valence-corrected chi connectivity index (χ3v) is 9.78. The van der Waals surface area contributed by atoms with E-state index in [-0.39, 0.29) is 10.9 Å². The summed E-state index contributed by atoms with van der Waals surface area (Å²) in [4.78, 5) is 4.72. The summed E-state index contributed by atoms with van der Waals surface area (Å²) in [6.07, 6.45) is 5.75. The van der Waals surface area contributed by atoms with Gasteiger partial charge in [-0.15, -0.1) is 0 Å². The van der Waals surface area contributed by atoms with Gasteiger partial charge in [-0.2, -0.15) is 0 Å². The maximum atomic E-state index is 13.9. The van der Waals surface area contributed by atoms with Crippen molar-refractivity contribution in [2.24, 2.45) is 5.92 Å². The summed E-state index contributed by atoms with van der Waals surface area (Å²) in [5.74, 6) is 4.39. The van der Waals surface area contributed by atoms with Gasteiger partial charge in [0.15, 0.2) is 5.75 Å². The minimum Gasteiger partial charge on any atom is -0.530 e. The van der Waals surface area contributed by atoms with E-state index in [9.17, 15) is 4.39 Å². The summed E-state index contributed by atoms with van der Waals surface area (Å²) in [6, 6.07) is 4.55. The van der Waals surface area contributed by atoms with Gasteiger partial charge in [0, 0.05) is 11.3 Å². The van der Waals surface area contributed by atoms with Crippen LogP contribution in [0.2, 0.25) is 18.1 Å². The first-order valence-electron chi connectivity index (χ1n) is 9.61. The summed E-state index contributed by atoms with van der Waals surface area (Å²) in [7, 11) is -2.08. The summed E-state index contributed by atoms with van der Waals surface area (Å²) in [5.41, 5.74) is 1.51. The number of hydrogen-bond acceptors (Lipinski definition) is 3. The molecule has 3 nitrogen and oxygen atoms in total. The minimum atomic E-state index is -2.08. The molecule has 0 N–H and O–H groups in total. The second kappa shape index (κ2) is 7.16. The number of fused-ring (bicyclic) bond motifs is 1. The van der Waals surface area contributed by atoms with E-state index in [0.29, 0.717) is 34.9 Å². The van der Waals surface area contributed by atoms with Crippen LogP contribution in [0.5, 0.6) is 11.6 Å². The molecule has 1 aromatic carbocycles. The Morgan fingerprint density at radius 3 is 2.56 bits per heavy atom. The molecule has 5 heteroatoms. The van der Waals surface area contributed by atoms with Gasteiger partial charge in [-0.3, -0.25) is 0 Å². The van der Waals surface area contributed by atoms with Gasteiger partial charge in [0.25, 0.3) is 8.32 Å². The number of pyridine rings is 1. The first-order valence-corrected chi connectivity index (χ1v) is 12.5. The molecule has 0 atom stereocenters. The Kier molecular flexibility index (Phi) is 5.22. The highest BCUT2D eigenvalue weighted by molar-refractivity contribution is 6.74. The lowest BCUT2D eigenvalue weighted by Gasteiger charge is -2.36. The van der Waals surface area contributed by atoms with Crippen LogP contribution >= 0.6 is 0 Å². The van der Waals surface area contributed by atoms with Crippen molar-refractivity contribution in [1.29, 1.82) is 0 Å². The van der Waals surface area contributed by atoms with Crippen molar-refractivity contribution >= 4 is 19.2 Å². The molecule has 1 heterocycles. The number of hydrogen-bond donors (Lipinski definition) is 0. The quantitative estimate of drug-likeness (QED) is 0.473. The van der Waals surface area contributed by atoms with Gasteiger partial charge < -0.3 is 9.16 Å². The maximum Gasteiger partial charge on any atom is 0.252 e. The average molecular weight is 386 g/mol. The first kappa shape index (κ1) is 19.7. The van der Waals surface area contributed by atoms with Crippen molar-refractivity contribution in [3.05, 3.63) is 29.6 Å². The molecular weight excluding hydrogens is 357 g/mol. The van der Waals surface area contributed by atoms with Crippen LogP contribution in [0.25, 0.3) is 10.9 Å². The van der Waals surface area contributed by atoms with Gasteiger partial charge in [-0.1, -0.05) is 33.6 Å². The molecule has 1 saturated carbocycles. The fraction of sp³-hybridized carbons (Fsp3) is 0.500. The molecule has 1 fully saturated rings. The molecule has 0 unspecified atom stereocenters. The van der Waals surface area contributed by atoms with Crippen LogP contribution in [-0.2, 0) is 6.42 Å². The van der Waals surface area contributed by atoms with Crippen LogP contribution in [0.4, 0.5) is 4.39 Å². The van der Waals surface area contributed by atoms with Crippen molar-refractivity contribution in [1.82, 2.24) is 4.98 Å². The smallest absolute Gasteiger partial charge is 0.252 e. The third kappa shape index (κ3) is 4.27. The average Bonchev–Trinajstić information content (AvgIpc) is 3.38. The van der Waals surface area contributed by atoms with E-state index in [1.165, 1.54) is 12.1 Å². The molecule has 1 aromatic heterocycles. The van der Waals surface area contributed by atoms with E-state index in [1.807, 2.05) is 6.92 Å². The standard InChI is InChI=1S/C22H28FNO2Si/c1-7-17-20(25-13-12-15-8-9-15)18-14-16(23)10-11-19(18)24-21(17)26-27(5,6)22(2,3)4/h10-11,14-15H,7-9H2,1-6H3. The van der Waals surface area contributed by atoms with Gasteiger partial charge in [-0.25, -0.2) is 9.37 Å². The Bertz CT molecular complexity index is 918. The van der Waals surface area contributed by atoms with Crippen molar-refractivity contribution in [3.8, 4) is 23.7 Å². The van der Waals surface area contributed by atoms with E-state index in [0.717, 1.165) is 18.4 Å². The molecule has 0 radical (unpaired) electrons. The van der Waals surface area contributed by atoms with E-state index >= 15 is 0 Å². The Balaban J connectivity index is 2.13. The van der Waals surface area contributed by atoms with Crippen LogP contribution in [0.3, 0.4) is 0 Å². The molecule has 1 aliphatic rings. The third-order valence-electron chi connectivity index (χ3n) is 5.46. The van der Waals surface area contributed by atoms with Crippen molar-refractivity contribution in [2.45, 2.75) is 65.1 Å². The highest BCUT2D eigenvalue weighted by Gasteiger charge is 2.40. The molecule has 144 valence electrons. The molecule has 0 amide bonds. The number of ether oxygens (including phenoxy) is 1. The second-order valence-corrected chi connectivity index (χ2v) is 13.4. The molecule has 0 saturated heterocycles. The van der Waals surface area contributed by atoms with Gasteiger partial charge in [0.1, 0.15) is 11.9 Å². The Hall–Kier alpha value is -2.06. The van der Waals surface area contributed by atoms with Gasteiger partial charge in [-0.05, 0) is 55.6 Å².